The van der Waals surface area contributed by atoms with Crippen molar-refractivity contribution in [3.05, 3.63) is 79.1 Å². The van der Waals surface area contributed by atoms with Gasteiger partial charge in [0.1, 0.15) is 0 Å². The van der Waals surface area contributed by atoms with Gasteiger partial charge in [-0.25, -0.2) is 0 Å². The first kappa shape index (κ1) is 18.1. The van der Waals surface area contributed by atoms with Crippen molar-refractivity contribution in [2.24, 2.45) is 0 Å². The molecule has 132 valence electrons. The van der Waals surface area contributed by atoms with E-state index in [4.69, 9.17) is 12.2 Å². The van der Waals surface area contributed by atoms with Crippen molar-refractivity contribution in [1.82, 2.24) is 10.3 Å². The van der Waals surface area contributed by atoms with Gasteiger partial charge in [-0.15, -0.1) is 11.3 Å². The number of aromatic nitrogens is 1. The largest absolute Gasteiger partial charge is 0.351 e. The molecule has 1 aliphatic heterocycles. The maximum atomic E-state index is 5.73. The number of thiocarbonyl (C=S) groups is 1. The van der Waals surface area contributed by atoms with Crippen molar-refractivity contribution >= 4 is 66.2 Å². The third kappa shape index (κ3) is 3.33. The Hall–Kier alpha value is -1.28. The standard InChI is InChI=1S/C19H15Br2N3S2/c1-11-8-13(5-6-14(11)21)24-18(16-9-12(20)10-26-16)17(23-19(24)25)15-4-2-3-7-22-15/h2-10,17-18H,1H3,(H,23,25)/t17-,18-/m0/s1. The normalized spacial score (nSPS) is 19.7. The molecule has 26 heavy (non-hydrogen) atoms. The summed E-state index contributed by atoms with van der Waals surface area (Å²) in [5.74, 6) is 0. The number of benzene rings is 1. The zero-order chi connectivity index (χ0) is 18.3. The second kappa shape index (κ2) is 7.38. The van der Waals surface area contributed by atoms with Gasteiger partial charge in [-0.3, -0.25) is 4.98 Å². The molecule has 0 amide bonds. The molecule has 4 rings (SSSR count). The van der Waals surface area contributed by atoms with Crippen LogP contribution in [-0.2, 0) is 0 Å². The maximum absolute atomic E-state index is 5.73. The molecule has 1 aromatic carbocycles. The highest BCUT2D eigenvalue weighted by Crippen LogP contribution is 2.44. The average molecular weight is 509 g/mol. The minimum Gasteiger partial charge on any atom is -0.351 e. The van der Waals surface area contributed by atoms with E-state index in [-0.39, 0.29) is 12.1 Å². The van der Waals surface area contributed by atoms with Crippen LogP contribution in [0.4, 0.5) is 5.69 Å². The molecule has 7 heteroatoms. The van der Waals surface area contributed by atoms with E-state index in [9.17, 15) is 0 Å². The van der Waals surface area contributed by atoms with Crippen LogP contribution < -0.4 is 10.2 Å². The van der Waals surface area contributed by atoms with Gasteiger partial charge in [-0.1, -0.05) is 22.0 Å². The van der Waals surface area contributed by atoms with Gasteiger partial charge in [-0.2, -0.15) is 0 Å². The number of aryl methyl sites for hydroxylation is 1. The molecule has 0 unspecified atom stereocenters. The fourth-order valence-electron chi connectivity index (χ4n) is 3.18. The number of pyridine rings is 1. The number of anilines is 1. The van der Waals surface area contributed by atoms with Crippen molar-refractivity contribution in [1.29, 1.82) is 0 Å². The van der Waals surface area contributed by atoms with E-state index in [1.165, 1.54) is 10.4 Å². The Morgan fingerprint density at radius 1 is 1.19 bits per heavy atom. The maximum Gasteiger partial charge on any atom is 0.174 e. The van der Waals surface area contributed by atoms with Gasteiger partial charge in [-0.05, 0) is 77.0 Å². The van der Waals surface area contributed by atoms with Crippen LogP contribution in [-0.4, -0.2) is 10.1 Å². The lowest BCUT2D eigenvalue weighted by Gasteiger charge is -2.27. The molecule has 0 aliphatic carbocycles. The Morgan fingerprint density at radius 2 is 2.04 bits per heavy atom. The summed E-state index contributed by atoms with van der Waals surface area (Å²) in [5.41, 5.74) is 3.24. The van der Waals surface area contributed by atoms with Crippen molar-refractivity contribution in [2.75, 3.05) is 4.90 Å². The van der Waals surface area contributed by atoms with Gasteiger partial charge in [0.25, 0.3) is 0 Å². The smallest absolute Gasteiger partial charge is 0.174 e. The monoisotopic (exact) mass is 507 g/mol. The van der Waals surface area contributed by atoms with Gasteiger partial charge in [0, 0.05) is 31.1 Å². The fraction of sp³-hybridized carbons (Fsp3) is 0.158. The van der Waals surface area contributed by atoms with Gasteiger partial charge < -0.3 is 10.2 Å². The summed E-state index contributed by atoms with van der Waals surface area (Å²) in [7, 11) is 0. The van der Waals surface area contributed by atoms with E-state index < -0.39 is 0 Å². The Balaban J connectivity index is 1.83. The number of hydrogen-bond donors (Lipinski definition) is 1. The third-order valence-corrected chi connectivity index (χ3v) is 7.37. The van der Waals surface area contributed by atoms with E-state index in [0.717, 1.165) is 25.4 Å². The van der Waals surface area contributed by atoms with Crippen LogP contribution in [0.1, 0.15) is 28.2 Å². The molecule has 1 saturated heterocycles. The van der Waals surface area contributed by atoms with Crippen LogP contribution >= 0.6 is 55.4 Å². The van der Waals surface area contributed by atoms with E-state index >= 15 is 0 Å². The SMILES string of the molecule is Cc1cc(N2C(=S)N[C@@H](c3ccccn3)[C@@H]2c2cc(Br)cs2)ccc1Br. The predicted molar refractivity (Wildman–Crippen MR) is 119 cm³/mol. The molecular weight excluding hydrogens is 494 g/mol. The van der Waals surface area contributed by atoms with E-state index in [1.807, 2.05) is 24.4 Å². The Kier molecular flexibility index (Phi) is 5.14. The first-order chi connectivity index (χ1) is 12.5. The molecule has 3 heterocycles. The number of thiophene rings is 1. The number of halogens is 2. The minimum atomic E-state index is -0.00166. The second-order valence-electron chi connectivity index (χ2n) is 6.10. The van der Waals surface area contributed by atoms with Crippen molar-refractivity contribution < 1.29 is 0 Å². The Morgan fingerprint density at radius 3 is 2.69 bits per heavy atom. The summed E-state index contributed by atoms with van der Waals surface area (Å²) >= 11 is 14.6. The summed E-state index contributed by atoms with van der Waals surface area (Å²) in [6, 6.07) is 14.5. The van der Waals surface area contributed by atoms with Crippen LogP contribution in [0.5, 0.6) is 0 Å². The Bertz CT molecular complexity index is 958. The van der Waals surface area contributed by atoms with Crippen LogP contribution in [0.2, 0.25) is 0 Å². The summed E-state index contributed by atoms with van der Waals surface area (Å²) in [5, 5.41) is 6.31. The molecule has 1 fully saturated rings. The minimum absolute atomic E-state index is 0.00166. The molecule has 0 spiro atoms. The molecule has 0 saturated carbocycles. The molecule has 1 N–H and O–H groups in total. The lowest BCUT2D eigenvalue weighted by Crippen LogP contribution is -2.29. The van der Waals surface area contributed by atoms with E-state index in [1.54, 1.807) is 11.3 Å². The second-order valence-corrected chi connectivity index (χ2v) is 9.20. The highest BCUT2D eigenvalue weighted by molar-refractivity contribution is 9.10. The molecule has 0 bridgehead atoms. The highest BCUT2D eigenvalue weighted by Gasteiger charge is 2.41. The molecule has 2 atom stereocenters. The molecule has 1 aliphatic rings. The zero-order valence-corrected chi connectivity index (χ0v) is 18.6. The molecule has 3 nitrogen and oxygen atoms in total. The highest BCUT2D eigenvalue weighted by atomic mass is 79.9. The van der Waals surface area contributed by atoms with Crippen LogP contribution in [0.25, 0.3) is 0 Å². The molecule has 0 radical (unpaired) electrons. The predicted octanol–water partition coefficient (Wildman–Crippen LogP) is 6.15. The van der Waals surface area contributed by atoms with Gasteiger partial charge in [0.2, 0.25) is 0 Å². The van der Waals surface area contributed by atoms with E-state index in [0.29, 0.717) is 0 Å². The van der Waals surface area contributed by atoms with Crippen molar-refractivity contribution in [2.45, 2.75) is 19.0 Å². The van der Waals surface area contributed by atoms with Gasteiger partial charge >= 0.3 is 0 Å². The number of nitrogens with zero attached hydrogens (tertiary/aromatic N) is 2. The summed E-state index contributed by atoms with van der Waals surface area (Å²) in [6.07, 6.45) is 1.83. The van der Waals surface area contributed by atoms with Crippen LogP contribution in [0, 0.1) is 6.92 Å². The average Bonchev–Trinajstić information content (AvgIpc) is 3.21. The van der Waals surface area contributed by atoms with Crippen LogP contribution in [0.3, 0.4) is 0 Å². The van der Waals surface area contributed by atoms with Crippen molar-refractivity contribution in [3.63, 3.8) is 0 Å². The van der Waals surface area contributed by atoms with Crippen molar-refractivity contribution in [3.8, 4) is 0 Å². The summed E-state index contributed by atoms with van der Waals surface area (Å²) in [6.45, 7) is 2.09. The number of hydrogen-bond acceptors (Lipinski definition) is 3. The lowest BCUT2D eigenvalue weighted by molar-refractivity contribution is 0.575. The van der Waals surface area contributed by atoms with E-state index in [2.05, 4.69) is 83.6 Å². The molecule has 2 aromatic heterocycles. The van der Waals surface area contributed by atoms with Gasteiger partial charge in [0.15, 0.2) is 5.11 Å². The number of rotatable bonds is 3. The fourth-order valence-corrected chi connectivity index (χ4v) is 5.35. The van der Waals surface area contributed by atoms with Gasteiger partial charge in [0.05, 0.1) is 17.8 Å². The molecular formula is C19H15Br2N3S2. The number of nitrogens with one attached hydrogen (secondary N) is 1. The Labute approximate surface area is 178 Å². The van der Waals surface area contributed by atoms with Crippen LogP contribution in [0.15, 0.2) is 63.0 Å². The zero-order valence-electron chi connectivity index (χ0n) is 13.8. The summed E-state index contributed by atoms with van der Waals surface area (Å²) < 4.78 is 2.18. The first-order valence-corrected chi connectivity index (χ1v) is 10.9. The first-order valence-electron chi connectivity index (χ1n) is 8.05. The lowest BCUT2D eigenvalue weighted by atomic mass is 10.0. The summed E-state index contributed by atoms with van der Waals surface area (Å²) in [4.78, 5) is 8.01. The topological polar surface area (TPSA) is 28.2 Å². The quantitative estimate of drug-likeness (QED) is 0.429. The molecule has 3 aromatic rings. The third-order valence-electron chi connectivity index (χ3n) is 4.40.